The predicted octanol–water partition coefficient (Wildman–Crippen LogP) is -6.54. The van der Waals surface area contributed by atoms with Gasteiger partial charge in [-0.25, -0.2) is 9.55 Å². The first-order chi connectivity index (χ1) is 16.1. The maximum absolute atomic E-state index is 12.0. The minimum absolute atomic E-state index is 0. The molecule has 2 unspecified atom stereocenters. The smallest absolute Gasteiger partial charge is 0.264 e. The van der Waals surface area contributed by atoms with Crippen LogP contribution in [0.2, 0.25) is 0 Å². The van der Waals surface area contributed by atoms with E-state index in [2.05, 4.69) is 15.3 Å². The van der Waals surface area contributed by atoms with Gasteiger partial charge in [0, 0.05) is 0 Å². The minimum atomic E-state index is -4.37. The quantitative estimate of drug-likeness (QED) is 0.201. The first kappa shape index (κ1) is 28.9. The fourth-order valence-corrected chi connectivity index (χ4v) is 6.15. The fraction of sp³-hybridized carbons (Fsp3) is 0.688. The van der Waals surface area contributed by atoms with Gasteiger partial charge in [0.25, 0.3) is 36.2 Å². The summed E-state index contributed by atoms with van der Waals surface area (Å²) in [7, 11) is -13.1. The molecule has 6 atom stereocenters. The minimum Gasteiger partial charge on any atom is -1.00 e. The van der Waals surface area contributed by atoms with Crippen LogP contribution in [0, 0.1) is 0 Å². The number of aliphatic hydroxyl groups excluding tert-OH is 2. The highest BCUT2D eigenvalue weighted by Gasteiger charge is 2.56. The van der Waals surface area contributed by atoms with Crippen molar-refractivity contribution in [3.63, 3.8) is 0 Å². The Kier molecular flexibility index (Phi) is 7.91. The number of nitrogens with zero attached hydrogens (tertiary/aromatic N) is 4. The lowest BCUT2D eigenvalue weighted by Gasteiger charge is -2.45. The molecule has 0 amide bonds. The molecular formula is C16H24ClN5O11S3. The summed E-state index contributed by atoms with van der Waals surface area (Å²) in [5.41, 5.74) is 0.521. The van der Waals surface area contributed by atoms with Crippen LogP contribution in [0.5, 0.6) is 0 Å². The van der Waals surface area contributed by atoms with Crippen LogP contribution >= 0.6 is 0 Å². The number of hydrogen-bond acceptors (Lipinski definition) is 14. The highest BCUT2D eigenvalue weighted by atomic mass is 35.5. The average molecular weight is 594 g/mol. The van der Waals surface area contributed by atoms with Crippen LogP contribution in [-0.4, -0.2) is 106 Å². The number of imidazole rings is 1. The van der Waals surface area contributed by atoms with E-state index in [-0.39, 0.29) is 18.1 Å². The van der Waals surface area contributed by atoms with Gasteiger partial charge in [0.15, 0.2) is 5.52 Å². The molecule has 16 nitrogen and oxygen atoms in total. The largest absolute Gasteiger partial charge is 1.00 e. The zero-order valence-electron chi connectivity index (χ0n) is 19.0. The number of halogens is 1. The van der Waals surface area contributed by atoms with Crippen LogP contribution in [0.1, 0.15) is 6.04 Å². The van der Waals surface area contributed by atoms with Crippen molar-refractivity contribution in [3.8, 4) is 0 Å². The van der Waals surface area contributed by atoms with Crippen molar-refractivity contribution in [3.05, 3.63) is 12.7 Å². The molecule has 2 aromatic rings. The third-order valence-electron chi connectivity index (χ3n) is 5.44. The van der Waals surface area contributed by atoms with E-state index in [4.69, 9.17) is 12.5 Å². The molecule has 1 aliphatic heterocycles. The van der Waals surface area contributed by atoms with Crippen molar-refractivity contribution in [2.45, 2.75) is 43.1 Å². The van der Waals surface area contributed by atoms with Crippen molar-refractivity contribution < 1.29 is 65.0 Å². The third-order valence-corrected chi connectivity index (χ3v) is 7.16. The van der Waals surface area contributed by atoms with E-state index in [1.807, 2.05) is 0 Å². The Bertz CT molecular complexity index is 1420. The van der Waals surface area contributed by atoms with E-state index in [0.717, 1.165) is 0 Å². The molecule has 0 saturated heterocycles. The summed E-state index contributed by atoms with van der Waals surface area (Å²) in [5.74, 6) is 0.611. The highest BCUT2D eigenvalue weighted by molar-refractivity contribution is 7.86. The van der Waals surface area contributed by atoms with E-state index in [0.29, 0.717) is 43.2 Å². The lowest BCUT2D eigenvalue weighted by molar-refractivity contribution is -0.672. The first-order valence-corrected chi connectivity index (χ1v) is 15.5. The topological polar surface area (TPSA) is 217 Å². The zero-order valence-corrected chi connectivity index (χ0v) is 22.2. The Labute approximate surface area is 213 Å². The number of aliphatic hydroxyl groups is 2. The van der Waals surface area contributed by atoms with Crippen LogP contribution in [0.4, 0.5) is 5.82 Å². The second kappa shape index (κ2) is 9.87. The fourth-order valence-electron chi connectivity index (χ4n) is 4.27. The SMILES string of the molecule is CS(=O)(=O)OC1[C@@H](OS(C)(=O)=O)[C@@H](O)C(n2cnc3c4[n+](cnc32)CCN4)[C@@H](O)[C@H]1OS(C)(=O)=O.[Cl-]. The summed E-state index contributed by atoms with van der Waals surface area (Å²) in [6, 6.07) is -1.53. The number of anilines is 1. The molecule has 4 rings (SSSR count). The molecule has 1 aliphatic carbocycles. The molecule has 2 aliphatic rings. The van der Waals surface area contributed by atoms with Crippen molar-refractivity contribution in [2.24, 2.45) is 0 Å². The van der Waals surface area contributed by atoms with Crippen LogP contribution in [-0.2, 0) is 49.4 Å². The Morgan fingerprint density at radius 1 is 0.917 bits per heavy atom. The summed E-state index contributed by atoms with van der Waals surface area (Å²) in [4.78, 5) is 8.55. The number of nitrogens with one attached hydrogen (secondary N) is 1. The molecule has 36 heavy (non-hydrogen) atoms. The number of rotatable bonds is 7. The molecule has 3 N–H and O–H groups in total. The van der Waals surface area contributed by atoms with Crippen molar-refractivity contribution in [1.82, 2.24) is 14.5 Å². The summed E-state index contributed by atoms with van der Waals surface area (Å²) < 4.78 is 89.4. The van der Waals surface area contributed by atoms with Crippen LogP contribution < -0.4 is 22.3 Å². The zero-order chi connectivity index (χ0) is 25.9. The van der Waals surface area contributed by atoms with Gasteiger partial charge in [-0.2, -0.15) is 25.3 Å². The molecule has 0 bridgehead atoms. The van der Waals surface area contributed by atoms with Crippen LogP contribution in [0.25, 0.3) is 11.2 Å². The Hall–Kier alpha value is -1.71. The van der Waals surface area contributed by atoms with E-state index < -0.39 is 66.9 Å². The number of hydrogen-bond donors (Lipinski definition) is 3. The standard InChI is InChI=1S/C16H23N5O11S3.ClH/c1-33(24,25)30-12-10(22)9(11(23)13(31-34(2,26)27)14(12)32-35(3,28)29)21-7-18-8-15-17-4-5-20(15)6-19-16(8)21;/h6-7,9-14,22-23H,4-5H2,1-3H3;1H/t9?,10-,11+,12-,13+,14?;. The van der Waals surface area contributed by atoms with E-state index >= 15 is 0 Å². The Morgan fingerprint density at radius 3 is 1.92 bits per heavy atom. The van der Waals surface area contributed by atoms with Gasteiger partial charge < -0.3 is 27.9 Å². The monoisotopic (exact) mass is 593 g/mol. The molecule has 20 heteroatoms. The van der Waals surface area contributed by atoms with Gasteiger partial charge in [0.2, 0.25) is 12.0 Å². The lowest BCUT2D eigenvalue weighted by Crippen LogP contribution is -3.00. The first-order valence-electron chi connectivity index (χ1n) is 10.1. The summed E-state index contributed by atoms with van der Waals surface area (Å²) >= 11 is 0. The van der Waals surface area contributed by atoms with Gasteiger partial charge in [-0.3, -0.25) is 17.1 Å². The molecule has 204 valence electrons. The third kappa shape index (κ3) is 5.89. The Balaban J connectivity index is 0.00000361. The normalized spacial score (nSPS) is 28.9. The highest BCUT2D eigenvalue weighted by Crippen LogP contribution is 2.38. The summed E-state index contributed by atoms with van der Waals surface area (Å²) in [6.07, 6.45) is -5.35. The van der Waals surface area contributed by atoms with Gasteiger partial charge in [-0.05, 0) is 0 Å². The van der Waals surface area contributed by atoms with Crippen molar-refractivity contribution in [1.29, 1.82) is 0 Å². The van der Waals surface area contributed by atoms with Crippen LogP contribution in [0.15, 0.2) is 12.7 Å². The predicted molar refractivity (Wildman–Crippen MR) is 116 cm³/mol. The molecule has 1 fully saturated rings. The van der Waals surface area contributed by atoms with Gasteiger partial charge in [-0.1, -0.05) is 4.98 Å². The average Bonchev–Trinajstić information content (AvgIpc) is 3.32. The number of fused-ring (bicyclic) bond motifs is 3. The van der Waals surface area contributed by atoms with E-state index in [1.54, 1.807) is 4.57 Å². The molecule has 0 spiro atoms. The molecular weight excluding hydrogens is 570 g/mol. The van der Waals surface area contributed by atoms with Gasteiger partial charge in [-0.15, -0.1) is 0 Å². The van der Waals surface area contributed by atoms with Gasteiger partial charge >= 0.3 is 0 Å². The lowest BCUT2D eigenvalue weighted by atomic mass is 9.83. The molecule has 1 saturated carbocycles. The second-order valence-electron chi connectivity index (χ2n) is 8.30. The van der Waals surface area contributed by atoms with Gasteiger partial charge in [0.1, 0.15) is 37.1 Å². The number of aromatic nitrogens is 4. The van der Waals surface area contributed by atoms with E-state index in [1.165, 1.54) is 17.2 Å². The maximum Gasteiger partial charge on any atom is 0.264 e. The Morgan fingerprint density at radius 2 is 1.42 bits per heavy atom. The van der Waals surface area contributed by atoms with Crippen molar-refractivity contribution in [2.75, 3.05) is 30.6 Å². The molecule has 3 heterocycles. The van der Waals surface area contributed by atoms with E-state index in [9.17, 15) is 35.5 Å². The summed E-state index contributed by atoms with van der Waals surface area (Å²) in [6.45, 7) is 1.24. The molecule has 2 aromatic heterocycles. The van der Waals surface area contributed by atoms with Crippen molar-refractivity contribution >= 4 is 47.3 Å². The van der Waals surface area contributed by atoms with Crippen LogP contribution in [0.3, 0.4) is 0 Å². The molecule has 0 aromatic carbocycles. The molecule has 0 radical (unpaired) electrons. The maximum atomic E-state index is 12.0. The van der Waals surface area contributed by atoms with Gasteiger partial charge in [0.05, 0.1) is 37.7 Å². The second-order valence-corrected chi connectivity index (χ2v) is 13.1. The summed E-state index contributed by atoms with van der Waals surface area (Å²) in [5, 5.41) is 25.4.